The normalized spacial score (nSPS) is 11.5. The first kappa shape index (κ1) is 23.0. The average Bonchev–Trinajstić information content (AvgIpc) is 3.28. The van der Waals surface area contributed by atoms with Gasteiger partial charge in [0.15, 0.2) is 5.13 Å². The molecule has 3 aromatic carbocycles. The molecule has 0 atom stereocenters. The molecule has 2 heterocycles. The summed E-state index contributed by atoms with van der Waals surface area (Å²) >= 11 is 1.40. The molecule has 5 aromatic rings. The Morgan fingerprint density at radius 2 is 1.86 bits per heavy atom. The Labute approximate surface area is 206 Å². The third-order valence-electron chi connectivity index (χ3n) is 5.92. The quantitative estimate of drug-likeness (QED) is 0.233. The number of fused-ring (bicyclic) bond motifs is 4. The second kappa shape index (κ2) is 9.48. The van der Waals surface area contributed by atoms with Crippen LogP contribution in [0.15, 0.2) is 69.9 Å². The molecule has 35 heavy (non-hydrogen) atoms. The molecule has 0 N–H and O–H groups in total. The topological polar surface area (TPSA) is 75.9 Å². The average molecular weight is 488 g/mol. The number of benzene rings is 3. The number of anilines is 1. The number of ether oxygens (including phenoxy) is 1. The van der Waals surface area contributed by atoms with Gasteiger partial charge in [0.2, 0.25) is 0 Å². The molecule has 2 aromatic heterocycles. The summed E-state index contributed by atoms with van der Waals surface area (Å²) in [6.07, 6.45) is 0.722. The number of aromatic nitrogens is 1. The molecule has 0 saturated carbocycles. The fourth-order valence-corrected chi connectivity index (χ4v) is 5.15. The minimum absolute atomic E-state index is 0.00413. The predicted molar refractivity (Wildman–Crippen MR) is 141 cm³/mol. The van der Waals surface area contributed by atoms with E-state index >= 15 is 0 Å². The Balaban J connectivity index is 1.60. The number of hydrogen-bond acceptors (Lipinski definition) is 7. The van der Waals surface area contributed by atoms with Crippen LogP contribution < -0.4 is 15.3 Å². The molecule has 0 bridgehead atoms. The Morgan fingerprint density at radius 3 is 2.66 bits per heavy atom. The van der Waals surface area contributed by atoms with E-state index in [1.807, 2.05) is 62.6 Å². The van der Waals surface area contributed by atoms with Gasteiger partial charge in [-0.2, -0.15) is 0 Å². The van der Waals surface area contributed by atoms with Gasteiger partial charge in [0.1, 0.15) is 16.9 Å². The summed E-state index contributed by atoms with van der Waals surface area (Å²) in [7, 11) is 5.58. The Kier molecular flexibility index (Phi) is 6.23. The SMILES string of the molecule is COc1ccc2nc(N(CCCN(C)C)C(=O)c3cc4c(ccc5ccccc54)oc3=O)sc2c1. The zero-order valence-electron chi connectivity index (χ0n) is 19.8. The Bertz CT molecular complexity index is 1610. The fraction of sp³-hybridized carbons (Fsp3) is 0.222. The molecule has 1 amide bonds. The van der Waals surface area contributed by atoms with E-state index in [-0.39, 0.29) is 5.56 Å². The zero-order valence-corrected chi connectivity index (χ0v) is 20.6. The number of thiazole rings is 1. The van der Waals surface area contributed by atoms with Gasteiger partial charge in [-0.15, -0.1) is 0 Å². The number of methoxy groups -OCH3 is 1. The van der Waals surface area contributed by atoms with Gasteiger partial charge in [0.25, 0.3) is 5.91 Å². The minimum Gasteiger partial charge on any atom is -0.497 e. The summed E-state index contributed by atoms with van der Waals surface area (Å²) in [5, 5.41) is 3.20. The molecule has 0 aliphatic carbocycles. The maximum atomic E-state index is 13.8. The lowest BCUT2D eigenvalue weighted by Crippen LogP contribution is -2.36. The number of carbonyl (C=O) groups is 1. The van der Waals surface area contributed by atoms with Gasteiger partial charge >= 0.3 is 5.63 Å². The van der Waals surface area contributed by atoms with Crippen molar-refractivity contribution in [3.63, 3.8) is 0 Å². The van der Waals surface area contributed by atoms with Gasteiger partial charge in [-0.1, -0.05) is 41.7 Å². The van der Waals surface area contributed by atoms with Gasteiger partial charge in [-0.05, 0) is 68.2 Å². The summed E-state index contributed by atoms with van der Waals surface area (Å²) < 4.78 is 11.8. The van der Waals surface area contributed by atoms with Gasteiger partial charge in [-0.3, -0.25) is 9.69 Å². The first-order valence-corrected chi connectivity index (χ1v) is 12.1. The van der Waals surface area contributed by atoms with E-state index in [1.165, 1.54) is 11.3 Å². The maximum Gasteiger partial charge on any atom is 0.349 e. The van der Waals surface area contributed by atoms with Crippen LogP contribution in [0.4, 0.5) is 5.13 Å². The molecule has 5 rings (SSSR count). The van der Waals surface area contributed by atoms with Gasteiger partial charge in [-0.25, -0.2) is 9.78 Å². The van der Waals surface area contributed by atoms with E-state index in [4.69, 9.17) is 14.1 Å². The first-order valence-electron chi connectivity index (χ1n) is 11.3. The smallest absolute Gasteiger partial charge is 0.349 e. The second-order valence-electron chi connectivity index (χ2n) is 8.59. The van der Waals surface area contributed by atoms with Crippen LogP contribution >= 0.6 is 11.3 Å². The number of hydrogen-bond donors (Lipinski definition) is 0. The fourth-order valence-electron chi connectivity index (χ4n) is 4.13. The Morgan fingerprint density at radius 1 is 1.03 bits per heavy atom. The molecule has 7 nitrogen and oxygen atoms in total. The van der Waals surface area contributed by atoms with Crippen LogP contribution in [0.5, 0.6) is 5.75 Å². The van der Waals surface area contributed by atoms with Crippen molar-refractivity contribution < 1.29 is 13.9 Å². The first-order chi connectivity index (χ1) is 16.9. The van der Waals surface area contributed by atoms with Crippen molar-refractivity contribution in [2.24, 2.45) is 0 Å². The van der Waals surface area contributed by atoms with E-state index in [1.54, 1.807) is 24.1 Å². The number of carbonyl (C=O) groups excluding carboxylic acids is 1. The lowest BCUT2D eigenvalue weighted by molar-refractivity contribution is 0.0982. The van der Waals surface area contributed by atoms with Crippen molar-refractivity contribution in [2.75, 3.05) is 39.2 Å². The molecular formula is C27H25N3O4S. The highest BCUT2D eigenvalue weighted by Crippen LogP contribution is 2.33. The summed E-state index contributed by atoms with van der Waals surface area (Å²) in [6, 6.07) is 18.8. The molecule has 0 fully saturated rings. The summed E-state index contributed by atoms with van der Waals surface area (Å²) in [5.74, 6) is 0.304. The number of nitrogens with zero attached hydrogens (tertiary/aromatic N) is 3. The van der Waals surface area contributed by atoms with Crippen molar-refractivity contribution in [3.05, 3.63) is 76.6 Å². The van der Waals surface area contributed by atoms with Crippen LogP contribution in [0.3, 0.4) is 0 Å². The predicted octanol–water partition coefficient (Wildman–Crippen LogP) is 5.16. The van der Waals surface area contributed by atoms with E-state index in [9.17, 15) is 9.59 Å². The zero-order chi connectivity index (χ0) is 24.5. The van der Waals surface area contributed by atoms with Gasteiger partial charge < -0.3 is 14.1 Å². The third kappa shape index (κ3) is 4.50. The van der Waals surface area contributed by atoms with E-state index in [0.29, 0.717) is 17.3 Å². The lowest BCUT2D eigenvalue weighted by Gasteiger charge is -2.20. The highest BCUT2D eigenvalue weighted by molar-refractivity contribution is 7.22. The standard InChI is InChI=1S/C27H25N3O4S/c1-29(2)13-6-14-30(27-28-22-11-10-18(33-3)15-24(22)35-27)25(31)21-16-20-19-8-5-4-7-17(19)9-12-23(20)34-26(21)32/h4-5,7-12,15-16H,6,13-14H2,1-3H3. The molecule has 0 saturated heterocycles. The summed E-state index contributed by atoms with van der Waals surface area (Å²) in [6.45, 7) is 1.21. The highest BCUT2D eigenvalue weighted by atomic mass is 32.1. The van der Waals surface area contributed by atoms with Gasteiger partial charge in [0, 0.05) is 11.9 Å². The van der Waals surface area contributed by atoms with Crippen LogP contribution in [0, 0.1) is 0 Å². The number of amides is 1. The van der Waals surface area contributed by atoms with Crippen LogP contribution in [-0.4, -0.2) is 50.1 Å². The van der Waals surface area contributed by atoms with Crippen LogP contribution in [0.2, 0.25) is 0 Å². The van der Waals surface area contributed by atoms with E-state index in [2.05, 4.69) is 4.90 Å². The molecule has 0 unspecified atom stereocenters. The van der Waals surface area contributed by atoms with Crippen LogP contribution in [0.1, 0.15) is 16.8 Å². The molecule has 0 aliphatic rings. The molecule has 0 radical (unpaired) electrons. The van der Waals surface area contributed by atoms with Crippen molar-refractivity contribution in [1.29, 1.82) is 0 Å². The monoisotopic (exact) mass is 487 g/mol. The van der Waals surface area contributed by atoms with Crippen molar-refractivity contribution >= 4 is 54.3 Å². The maximum absolute atomic E-state index is 13.8. The molecule has 0 spiro atoms. The number of rotatable bonds is 7. The van der Waals surface area contributed by atoms with Crippen molar-refractivity contribution in [1.82, 2.24) is 9.88 Å². The van der Waals surface area contributed by atoms with Crippen molar-refractivity contribution in [3.8, 4) is 5.75 Å². The third-order valence-corrected chi connectivity index (χ3v) is 6.96. The Hall–Kier alpha value is -3.75. The van der Waals surface area contributed by atoms with Crippen LogP contribution in [-0.2, 0) is 0 Å². The van der Waals surface area contributed by atoms with Gasteiger partial charge in [0.05, 0.1) is 17.3 Å². The molecule has 0 aliphatic heterocycles. The largest absolute Gasteiger partial charge is 0.497 e. The van der Waals surface area contributed by atoms with E-state index < -0.39 is 11.5 Å². The van der Waals surface area contributed by atoms with Crippen molar-refractivity contribution in [2.45, 2.75) is 6.42 Å². The molecular weight excluding hydrogens is 462 g/mol. The molecule has 178 valence electrons. The highest BCUT2D eigenvalue weighted by Gasteiger charge is 2.25. The lowest BCUT2D eigenvalue weighted by atomic mass is 10.0. The van der Waals surface area contributed by atoms with Crippen LogP contribution in [0.25, 0.3) is 32.0 Å². The molecule has 8 heteroatoms. The van der Waals surface area contributed by atoms with E-state index in [0.717, 1.165) is 45.1 Å². The minimum atomic E-state index is -0.654. The second-order valence-corrected chi connectivity index (χ2v) is 9.60. The summed E-state index contributed by atoms with van der Waals surface area (Å²) in [4.78, 5) is 35.1. The summed E-state index contributed by atoms with van der Waals surface area (Å²) in [5.41, 5.74) is 0.568.